The lowest BCUT2D eigenvalue weighted by Crippen LogP contribution is -2.32. The molecule has 0 spiro atoms. The van der Waals surface area contributed by atoms with Crippen molar-refractivity contribution in [3.8, 4) is 5.75 Å². The number of ether oxygens (including phenoxy) is 1. The molecule has 0 saturated carbocycles. The normalized spacial score (nSPS) is 23.2. The van der Waals surface area contributed by atoms with Crippen molar-refractivity contribution in [2.45, 2.75) is 31.7 Å². The quantitative estimate of drug-likeness (QED) is 0.603. The van der Waals surface area contributed by atoms with Gasteiger partial charge in [-0.25, -0.2) is 4.79 Å². The molecule has 28 heavy (non-hydrogen) atoms. The van der Waals surface area contributed by atoms with Crippen LogP contribution in [0.25, 0.3) is 0 Å². The smallest absolute Gasteiger partial charge is 0.396 e. The Labute approximate surface area is 169 Å². The summed E-state index contributed by atoms with van der Waals surface area (Å²) in [7, 11) is 9.47. The molecule has 1 fully saturated rings. The van der Waals surface area contributed by atoms with Gasteiger partial charge in [0.1, 0.15) is 32.7 Å². The van der Waals surface area contributed by atoms with E-state index in [2.05, 4.69) is 4.98 Å². The number of hydrogen-bond acceptors (Lipinski definition) is 6. The highest BCUT2D eigenvalue weighted by Gasteiger charge is 2.24. The van der Waals surface area contributed by atoms with E-state index in [9.17, 15) is 9.59 Å². The van der Waals surface area contributed by atoms with Crippen LogP contribution in [0.4, 0.5) is 0 Å². The van der Waals surface area contributed by atoms with Gasteiger partial charge in [0.05, 0.1) is 6.61 Å². The highest BCUT2D eigenvalue weighted by Crippen LogP contribution is 2.46. The number of benzene rings is 1. The van der Waals surface area contributed by atoms with E-state index in [1.807, 2.05) is 24.3 Å². The van der Waals surface area contributed by atoms with Gasteiger partial charge in [0, 0.05) is 24.3 Å². The molecule has 2 aliphatic heterocycles. The van der Waals surface area contributed by atoms with Gasteiger partial charge in [0.15, 0.2) is 0 Å². The fraction of sp³-hybridized carbons (Fsp3) is 0.375. The summed E-state index contributed by atoms with van der Waals surface area (Å²) >= 11 is 5.61. The second kappa shape index (κ2) is 9.76. The molecule has 0 aliphatic carbocycles. The van der Waals surface area contributed by atoms with Crippen LogP contribution in [-0.4, -0.2) is 37.8 Å². The lowest BCUT2D eigenvalue weighted by Gasteiger charge is -2.23. The molecule has 2 unspecified atom stereocenters. The predicted octanol–water partition coefficient (Wildman–Crippen LogP) is 1.96. The van der Waals surface area contributed by atoms with Crippen molar-refractivity contribution in [3.63, 3.8) is 0 Å². The lowest BCUT2D eigenvalue weighted by molar-refractivity contribution is 0.0340. The molecule has 2 aliphatic rings. The Bertz CT molecular complexity index is 926. The second-order valence-electron chi connectivity index (χ2n) is 5.84. The average Bonchev–Trinajstić information content (AvgIpc) is 3.11. The molecular formula is C16H16B2ClN2O6P. The summed E-state index contributed by atoms with van der Waals surface area (Å²) in [5.74, 6) is 0.827. The van der Waals surface area contributed by atoms with Gasteiger partial charge in [-0.05, 0) is 18.9 Å². The molecule has 0 amide bonds. The van der Waals surface area contributed by atoms with Crippen LogP contribution < -0.4 is 15.8 Å². The van der Waals surface area contributed by atoms with Gasteiger partial charge >= 0.3 is 14.3 Å². The first kappa shape index (κ1) is 21.1. The number of aromatic nitrogens is 2. The Kier molecular flexibility index (Phi) is 7.37. The summed E-state index contributed by atoms with van der Waals surface area (Å²) in [6.07, 6.45) is 2.13. The number of fused-ring (bicyclic) bond motifs is 1. The molecule has 1 aromatic heterocycles. The number of aromatic amines is 1. The summed E-state index contributed by atoms with van der Waals surface area (Å²) < 4.78 is 22.3. The third kappa shape index (κ3) is 5.27. The molecular weight excluding hydrogens is 404 g/mol. The van der Waals surface area contributed by atoms with E-state index in [0.717, 1.165) is 11.3 Å². The SMILES string of the molecule is [B]COP1OCc2ccccc2O1.[B][C@@H]1CCC(n2cc(Cl)c(=O)[nH]c2=O)O1. The van der Waals surface area contributed by atoms with E-state index in [0.29, 0.717) is 19.4 Å². The van der Waals surface area contributed by atoms with Crippen molar-refractivity contribution in [2.75, 3.05) is 6.51 Å². The molecule has 1 N–H and O–H groups in total. The summed E-state index contributed by atoms with van der Waals surface area (Å²) in [6.45, 7) is 0.649. The van der Waals surface area contributed by atoms with E-state index in [1.54, 1.807) is 0 Å². The van der Waals surface area contributed by atoms with Gasteiger partial charge in [0.25, 0.3) is 5.56 Å². The maximum absolute atomic E-state index is 11.4. The zero-order valence-electron chi connectivity index (χ0n) is 14.7. The van der Waals surface area contributed by atoms with Crippen molar-refractivity contribution >= 4 is 35.9 Å². The maximum atomic E-state index is 11.4. The van der Waals surface area contributed by atoms with Crippen LogP contribution in [0, 0.1) is 0 Å². The van der Waals surface area contributed by atoms with Crippen LogP contribution in [0.2, 0.25) is 5.02 Å². The van der Waals surface area contributed by atoms with Crippen LogP contribution in [-0.2, 0) is 20.4 Å². The van der Waals surface area contributed by atoms with E-state index < -0.39 is 26.1 Å². The Balaban J connectivity index is 0.000000162. The Morgan fingerprint density at radius 1 is 1.32 bits per heavy atom. The number of nitrogens with one attached hydrogen (secondary N) is 1. The van der Waals surface area contributed by atoms with Crippen molar-refractivity contribution in [1.82, 2.24) is 9.55 Å². The van der Waals surface area contributed by atoms with E-state index in [-0.39, 0.29) is 17.5 Å². The van der Waals surface area contributed by atoms with Crippen molar-refractivity contribution in [1.29, 1.82) is 0 Å². The monoisotopic (exact) mass is 420 g/mol. The fourth-order valence-corrected chi connectivity index (χ4v) is 3.63. The van der Waals surface area contributed by atoms with Crippen molar-refractivity contribution in [3.05, 3.63) is 61.9 Å². The van der Waals surface area contributed by atoms with Gasteiger partial charge in [-0.1, -0.05) is 29.8 Å². The van der Waals surface area contributed by atoms with Gasteiger partial charge in [-0.15, -0.1) is 0 Å². The first-order valence-corrected chi connectivity index (χ1v) is 9.89. The van der Waals surface area contributed by atoms with Gasteiger partial charge in [-0.3, -0.25) is 18.9 Å². The molecule has 144 valence electrons. The first-order valence-electron chi connectivity index (χ1n) is 8.42. The molecule has 1 aromatic carbocycles. The summed E-state index contributed by atoms with van der Waals surface area (Å²) in [6, 6.07) is 7.35. The maximum Gasteiger partial charge on any atom is 0.396 e. The molecule has 3 heterocycles. The summed E-state index contributed by atoms with van der Waals surface area (Å²) in [5.41, 5.74) is -0.0921. The highest BCUT2D eigenvalue weighted by atomic mass is 35.5. The minimum Gasteiger partial charge on any atom is -0.426 e. The number of hydrogen-bond donors (Lipinski definition) is 1. The minimum absolute atomic E-state index is 0.0429. The minimum atomic E-state index is -1.28. The number of nitrogens with zero attached hydrogens (tertiary/aromatic N) is 1. The third-order valence-corrected chi connectivity index (χ3v) is 5.23. The van der Waals surface area contributed by atoms with E-state index in [1.165, 1.54) is 10.8 Å². The largest absolute Gasteiger partial charge is 0.426 e. The van der Waals surface area contributed by atoms with Crippen molar-refractivity contribution in [2.24, 2.45) is 0 Å². The van der Waals surface area contributed by atoms with Gasteiger partial charge in [0.2, 0.25) is 0 Å². The Morgan fingerprint density at radius 2 is 2.11 bits per heavy atom. The molecule has 12 heteroatoms. The number of para-hydroxylation sites is 1. The van der Waals surface area contributed by atoms with E-state index in [4.69, 9.17) is 45.6 Å². The van der Waals surface area contributed by atoms with Crippen molar-refractivity contribution < 1.29 is 18.3 Å². The van der Waals surface area contributed by atoms with E-state index >= 15 is 0 Å². The van der Waals surface area contributed by atoms with Crippen LogP contribution >= 0.6 is 20.2 Å². The van der Waals surface area contributed by atoms with Gasteiger partial charge < -0.3 is 13.8 Å². The average molecular weight is 420 g/mol. The zero-order valence-corrected chi connectivity index (χ0v) is 16.4. The van der Waals surface area contributed by atoms with Crippen LogP contribution in [0.3, 0.4) is 0 Å². The standard InChI is InChI=1S/C8H8BClN2O3.C8H8BO3P/c9-5-1-2-6(15-5)12-3-4(10)7(13)11-8(12)14;9-6-11-13-10-5-7-3-1-2-4-8(7)12-13/h3,5-6H,1-2H2,(H,11,13,14);1-4H,5-6H2/t5-,6?;/m0./s1. The van der Waals surface area contributed by atoms with Crippen LogP contribution in [0.1, 0.15) is 24.6 Å². The Morgan fingerprint density at radius 3 is 2.82 bits per heavy atom. The molecule has 2 aromatic rings. The molecule has 3 atom stereocenters. The first-order chi connectivity index (χ1) is 13.5. The van der Waals surface area contributed by atoms with Crippen LogP contribution in [0.15, 0.2) is 40.1 Å². The number of halogens is 1. The predicted molar refractivity (Wildman–Crippen MR) is 106 cm³/mol. The molecule has 0 bridgehead atoms. The molecule has 8 nitrogen and oxygen atoms in total. The molecule has 4 radical (unpaired) electrons. The van der Waals surface area contributed by atoms with Gasteiger partial charge in [-0.2, -0.15) is 0 Å². The molecule has 4 rings (SSSR count). The summed E-state index contributed by atoms with van der Waals surface area (Å²) in [5, 5.41) is -0.0429. The molecule has 1 saturated heterocycles. The lowest BCUT2D eigenvalue weighted by atomic mass is 9.98. The Hall–Kier alpha value is -1.57. The zero-order chi connectivity index (χ0) is 20.1. The fourth-order valence-electron chi connectivity index (χ4n) is 2.59. The number of rotatable bonds is 3. The second-order valence-corrected chi connectivity index (χ2v) is 7.40. The highest BCUT2D eigenvalue weighted by molar-refractivity contribution is 7.42. The van der Waals surface area contributed by atoms with Crippen LogP contribution in [0.5, 0.6) is 5.75 Å². The number of H-pyrrole nitrogens is 1. The summed E-state index contributed by atoms with van der Waals surface area (Å²) in [4.78, 5) is 24.5. The topological polar surface area (TPSA) is 91.8 Å². The third-order valence-electron chi connectivity index (χ3n) is 3.92.